The molecule has 2 fully saturated rings. The van der Waals surface area contributed by atoms with E-state index in [0.717, 1.165) is 38.1 Å². The molecule has 0 bridgehead atoms. The Bertz CT molecular complexity index is 284. The minimum absolute atomic E-state index is 0.00651. The van der Waals surface area contributed by atoms with E-state index in [1.54, 1.807) is 0 Å². The van der Waals surface area contributed by atoms with Gasteiger partial charge in [0.2, 0.25) is 5.91 Å². The quantitative estimate of drug-likeness (QED) is 0.820. The molecule has 0 aromatic rings. The minimum atomic E-state index is 0.00651. The van der Waals surface area contributed by atoms with Crippen LogP contribution in [-0.4, -0.2) is 28.9 Å². The summed E-state index contributed by atoms with van der Waals surface area (Å²) in [5, 5.41) is 0. The molecule has 1 saturated carbocycles. The summed E-state index contributed by atoms with van der Waals surface area (Å²) >= 11 is 0. The first-order chi connectivity index (χ1) is 7.99. The Labute approximate surface area is 105 Å². The van der Waals surface area contributed by atoms with Crippen molar-refractivity contribution in [2.24, 2.45) is 11.7 Å². The molecule has 17 heavy (non-hydrogen) atoms. The first-order valence-corrected chi connectivity index (χ1v) is 7.05. The van der Waals surface area contributed by atoms with E-state index in [0.29, 0.717) is 5.91 Å². The predicted octanol–water partition coefficient (Wildman–Crippen LogP) is 2.29. The number of amides is 1. The second-order valence-corrected chi connectivity index (χ2v) is 6.45. The first kappa shape index (κ1) is 12.9. The molecule has 2 aliphatic rings. The zero-order chi connectivity index (χ0) is 12.5. The van der Waals surface area contributed by atoms with Crippen LogP contribution in [0.3, 0.4) is 0 Å². The van der Waals surface area contributed by atoms with Crippen molar-refractivity contribution in [1.82, 2.24) is 4.90 Å². The van der Waals surface area contributed by atoms with Crippen LogP contribution in [0.2, 0.25) is 0 Å². The summed E-state index contributed by atoms with van der Waals surface area (Å²) < 4.78 is 0. The molecule has 1 aliphatic carbocycles. The predicted molar refractivity (Wildman–Crippen MR) is 69.6 cm³/mol. The Morgan fingerprint density at radius 1 is 1.35 bits per heavy atom. The number of nitrogens with two attached hydrogens (primary N) is 1. The van der Waals surface area contributed by atoms with E-state index < -0.39 is 0 Å². The molecular weight excluding hydrogens is 212 g/mol. The number of hydrogen-bond acceptors (Lipinski definition) is 2. The van der Waals surface area contributed by atoms with Crippen LogP contribution in [0.15, 0.2) is 0 Å². The van der Waals surface area contributed by atoms with Crippen molar-refractivity contribution in [3.05, 3.63) is 0 Å². The van der Waals surface area contributed by atoms with Crippen molar-refractivity contribution in [2.75, 3.05) is 6.54 Å². The van der Waals surface area contributed by atoms with Crippen LogP contribution in [0.25, 0.3) is 0 Å². The molecule has 1 amide bonds. The molecule has 1 atom stereocenters. The molecule has 98 valence electrons. The molecule has 1 heterocycles. The number of rotatable bonds is 3. The highest BCUT2D eigenvalue weighted by atomic mass is 16.2. The highest BCUT2D eigenvalue weighted by Crippen LogP contribution is 2.32. The summed E-state index contributed by atoms with van der Waals surface area (Å²) in [5.74, 6) is 1.14. The van der Waals surface area contributed by atoms with Gasteiger partial charge in [0.15, 0.2) is 0 Å². The normalized spacial score (nSPS) is 28.9. The molecule has 1 aliphatic heterocycles. The molecule has 0 radical (unpaired) electrons. The fraction of sp³-hybridized carbons (Fsp3) is 0.929. The number of carbonyl (C=O) groups is 1. The second kappa shape index (κ2) is 4.97. The SMILES string of the molecule is CC1(C)CCC(N)CN1C(=O)CCC1CCC1. The van der Waals surface area contributed by atoms with Crippen LogP contribution in [0.5, 0.6) is 0 Å². The lowest BCUT2D eigenvalue weighted by Gasteiger charge is -2.45. The number of nitrogens with zero attached hydrogens (tertiary/aromatic N) is 1. The van der Waals surface area contributed by atoms with Gasteiger partial charge >= 0.3 is 0 Å². The maximum atomic E-state index is 12.3. The van der Waals surface area contributed by atoms with E-state index in [1.165, 1.54) is 19.3 Å². The number of piperidine rings is 1. The van der Waals surface area contributed by atoms with E-state index >= 15 is 0 Å². The van der Waals surface area contributed by atoms with Gasteiger partial charge in [-0.15, -0.1) is 0 Å². The average Bonchev–Trinajstić information content (AvgIpc) is 2.19. The molecule has 3 nitrogen and oxygen atoms in total. The number of carbonyl (C=O) groups excluding carboxylic acids is 1. The number of hydrogen-bond donors (Lipinski definition) is 1. The Morgan fingerprint density at radius 3 is 2.65 bits per heavy atom. The van der Waals surface area contributed by atoms with Gasteiger partial charge in [-0.2, -0.15) is 0 Å². The molecule has 3 heteroatoms. The van der Waals surface area contributed by atoms with Gasteiger partial charge in [0.1, 0.15) is 0 Å². The van der Waals surface area contributed by atoms with Gasteiger partial charge in [0, 0.05) is 24.5 Å². The van der Waals surface area contributed by atoms with Crippen LogP contribution in [0.4, 0.5) is 0 Å². The van der Waals surface area contributed by atoms with Crippen LogP contribution in [-0.2, 0) is 4.79 Å². The minimum Gasteiger partial charge on any atom is -0.336 e. The molecule has 0 aromatic carbocycles. The Morgan fingerprint density at radius 2 is 2.06 bits per heavy atom. The summed E-state index contributed by atoms with van der Waals surface area (Å²) in [5.41, 5.74) is 5.99. The zero-order valence-corrected chi connectivity index (χ0v) is 11.2. The third-order valence-electron chi connectivity index (χ3n) is 4.57. The van der Waals surface area contributed by atoms with Crippen molar-refractivity contribution in [2.45, 2.75) is 70.4 Å². The van der Waals surface area contributed by atoms with E-state index in [4.69, 9.17) is 5.73 Å². The van der Waals surface area contributed by atoms with Gasteiger partial charge in [-0.25, -0.2) is 0 Å². The van der Waals surface area contributed by atoms with Crippen molar-refractivity contribution in [1.29, 1.82) is 0 Å². The third-order valence-corrected chi connectivity index (χ3v) is 4.57. The monoisotopic (exact) mass is 238 g/mol. The first-order valence-electron chi connectivity index (χ1n) is 7.05. The highest BCUT2D eigenvalue weighted by molar-refractivity contribution is 5.77. The average molecular weight is 238 g/mol. The van der Waals surface area contributed by atoms with Crippen LogP contribution < -0.4 is 5.73 Å². The molecule has 1 unspecified atom stereocenters. The van der Waals surface area contributed by atoms with Crippen molar-refractivity contribution in [3.63, 3.8) is 0 Å². The van der Waals surface area contributed by atoms with E-state index in [-0.39, 0.29) is 11.6 Å². The molecule has 2 rings (SSSR count). The maximum absolute atomic E-state index is 12.3. The lowest BCUT2D eigenvalue weighted by Crippen LogP contribution is -2.56. The lowest BCUT2D eigenvalue weighted by atomic mass is 9.81. The van der Waals surface area contributed by atoms with E-state index in [2.05, 4.69) is 13.8 Å². The molecule has 2 N–H and O–H groups in total. The van der Waals surface area contributed by atoms with Gasteiger partial charge in [-0.05, 0) is 39.0 Å². The van der Waals surface area contributed by atoms with Gasteiger partial charge in [0.05, 0.1) is 0 Å². The van der Waals surface area contributed by atoms with Gasteiger partial charge in [0.25, 0.3) is 0 Å². The Hall–Kier alpha value is -0.570. The van der Waals surface area contributed by atoms with Crippen molar-refractivity contribution in [3.8, 4) is 0 Å². The van der Waals surface area contributed by atoms with Gasteiger partial charge < -0.3 is 10.6 Å². The second-order valence-electron chi connectivity index (χ2n) is 6.45. The largest absolute Gasteiger partial charge is 0.336 e. The summed E-state index contributed by atoms with van der Waals surface area (Å²) in [4.78, 5) is 14.3. The summed E-state index contributed by atoms with van der Waals surface area (Å²) in [6, 6.07) is 0.177. The molecular formula is C14H26N2O. The molecule has 0 spiro atoms. The van der Waals surface area contributed by atoms with Crippen LogP contribution >= 0.6 is 0 Å². The van der Waals surface area contributed by atoms with Crippen LogP contribution in [0, 0.1) is 5.92 Å². The van der Waals surface area contributed by atoms with E-state index in [1.807, 2.05) is 4.90 Å². The van der Waals surface area contributed by atoms with Crippen molar-refractivity contribution >= 4 is 5.91 Å². The molecule has 0 aromatic heterocycles. The maximum Gasteiger partial charge on any atom is 0.223 e. The lowest BCUT2D eigenvalue weighted by molar-refractivity contribution is -0.139. The Kier molecular flexibility index (Phi) is 3.76. The highest BCUT2D eigenvalue weighted by Gasteiger charge is 2.36. The fourth-order valence-electron chi connectivity index (χ4n) is 2.93. The third kappa shape index (κ3) is 3.01. The smallest absolute Gasteiger partial charge is 0.223 e. The number of likely N-dealkylation sites (tertiary alicyclic amines) is 1. The summed E-state index contributed by atoms with van der Waals surface area (Å²) in [6.45, 7) is 5.08. The van der Waals surface area contributed by atoms with Crippen LogP contribution in [0.1, 0.15) is 58.8 Å². The fourth-order valence-corrected chi connectivity index (χ4v) is 2.93. The topological polar surface area (TPSA) is 46.3 Å². The summed E-state index contributed by atoms with van der Waals surface area (Å²) in [7, 11) is 0. The standard InChI is InChI=1S/C14H26N2O/c1-14(2)9-8-12(15)10-16(14)13(17)7-6-11-4-3-5-11/h11-12H,3-10,15H2,1-2H3. The summed E-state index contributed by atoms with van der Waals surface area (Å²) in [6.07, 6.45) is 7.90. The Balaban J connectivity index is 1.86. The zero-order valence-electron chi connectivity index (χ0n) is 11.2. The van der Waals surface area contributed by atoms with Crippen molar-refractivity contribution < 1.29 is 4.79 Å². The molecule has 1 saturated heterocycles. The van der Waals surface area contributed by atoms with E-state index in [9.17, 15) is 4.79 Å². The van der Waals surface area contributed by atoms with Gasteiger partial charge in [-0.1, -0.05) is 19.3 Å². The van der Waals surface area contributed by atoms with Gasteiger partial charge in [-0.3, -0.25) is 4.79 Å².